The van der Waals surface area contributed by atoms with E-state index in [0.717, 1.165) is 12.0 Å². The summed E-state index contributed by atoms with van der Waals surface area (Å²) in [6.45, 7) is 3.74. The molecule has 10 heteroatoms. The van der Waals surface area contributed by atoms with E-state index in [2.05, 4.69) is 14.8 Å². The summed E-state index contributed by atoms with van der Waals surface area (Å²) >= 11 is 0. The molecule has 1 N–H and O–H groups in total. The molecule has 0 aliphatic heterocycles. The number of nitrogens with one attached hydrogen (secondary N) is 1. The number of pyridine rings is 1. The monoisotopic (exact) mass is 472 g/mol. The van der Waals surface area contributed by atoms with Gasteiger partial charge in [-0.15, -0.1) is 0 Å². The number of rotatable bonds is 7. The molecular formula is C23H25FN4O4S. The van der Waals surface area contributed by atoms with Gasteiger partial charge in [0, 0.05) is 24.5 Å². The van der Waals surface area contributed by atoms with Crippen molar-refractivity contribution in [3.8, 4) is 17.0 Å². The van der Waals surface area contributed by atoms with Crippen molar-refractivity contribution < 1.29 is 22.3 Å². The van der Waals surface area contributed by atoms with E-state index >= 15 is 0 Å². The van der Waals surface area contributed by atoms with E-state index in [4.69, 9.17) is 4.74 Å². The van der Waals surface area contributed by atoms with Gasteiger partial charge in [0.25, 0.3) is 10.0 Å². The molecule has 0 radical (unpaired) electrons. The number of aromatic nitrogens is 3. The second-order valence-corrected chi connectivity index (χ2v) is 9.84. The number of fused-ring (bicyclic) bond motifs is 1. The molecule has 0 atom stereocenters. The zero-order chi connectivity index (χ0) is 23.8. The zero-order valence-corrected chi connectivity index (χ0v) is 19.4. The fraction of sp³-hybridized carbons (Fsp3) is 0.348. The van der Waals surface area contributed by atoms with Gasteiger partial charge in [-0.1, -0.05) is 0 Å². The first-order valence-electron chi connectivity index (χ1n) is 10.6. The number of ether oxygens (including phenoxy) is 1. The fourth-order valence-corrected chi connectivity index (χ4v) is 5.02. The molecule has 1 aliphatic rings. The molecule has 33 heavy (non-hydrogen) atoms. The lowest BCUT2D eigenvalue weighted by molar-refractivity contribution is -0.118. The number of amides is 1. The second kappa shape index (κ2) is 8.93. The van der Waals surface area contributed by atoms with Crippen LogP contribution in [0.15, 0.2) is 41.7 Å². The number of carbonyl (C=O) groups is 1. The van der Waals surface area contributed by atoms with Crippen LogP contribution in [-0.2, 0) is 34.1 Å². The highest BCUT2D eigenvalue weighted by atomic mass is 32.2. The Morgan fingerprint density at radius 3 is 2.70 bits per heavy atom. The molecule has 0 saturated carbocycles. The van der Waals surface area contributed by atoms with E-state index in [1.54, 1.807) is 24.5 Å². The average molecular weight is 473 g/mol. The van der Waals surface area contributed by atoms with Crippen LogP contribution in [0.1, 0.15) is 43.0 Å². The molecule has 174 valence electrons. The number of hydrogen-bond acceptors (Lipinski definition) is 6. The topological polar surface area (TPSA) is 103 Å². The fourth-order valence-electron chi connectivity index (χ4n) is 4.10. The van der Waals surface area contributed by atoms with Crippen LogP contribution >= 0.6 is 0 Å². The summed E-state index contributed by atoms with van der Waals surface area (Å²) in [4.78, 5) is 17.0. The summed E-state index contributed by atoms with van der Waals surface area (Å²) in [6.07, 6.45) is 4.85. The van der Waals surface area contributed by atoms with Crippen LogP contribution in [0, 0.1) is 5.82 Å². The summed E-state index contributed by atoms with van der Waals surface area (Å²) in [5.74, 6) is -0.687. The Kier molecular flexibility index (Phi) is 6.20. The third kappa shape index (κ3) is 4.61. The van der Waals surface area contributed by atoms with Gasteiger partial charge in [-0.25, -0.2) is 14.1 Å². The van der Waals surface area contributed by atoms with Crippen molar-refractivity contribution in [2.75, 3.05) is 7.11 Å². The quantitative estimate of drug-likeness (QED) is 0.566. The molecule has 0 fully saturated rings. The highest BCUT2D eigenvalue weighted by Gasteiger charge is 2.27. The van der Waals surface area contributed by atoms with Crippen molar-refractivity contribution in [1.29, 1.82) is 0 Å². The van der Waals surface area contributed by atoms with Crippen molar-refractivity contribution in [2.24, 2.45) is 0 Å². The van der Waals surface area contributed by atoms with E-state index in [9.17, 15) is 17.6 Å². The van der Waals surface area contributed by atoms with Gasteiger partial charge in [-0.05, 0) is 79.1 Å². The summed E-state index contributed by atoms with van der Waals surface area (Å²) in [7, 11) is -2.66. The number of sulfonamides is 1. The van der Waals surface area contributed by atoms with Gasteiger partial charge >= 0.3 is 0 Å². The van der Waals surface area contributed by atoms with Gasteiger partial charge in [0.1, 0.15) is 5.82 Å². The molecule has 8 nitrogen and oxygen atoms in total. The minimum Gasteiger partial charge on any atom is -0.481 e. The lowest BCUT2D eigenvalue weighted by Crippen LogP contribution is -2.32. The average Bonchev–Trinajstić information content (AvgIpc) is 3.46. The maximum Gasteiger partial charge on any atom is 0.283 e. The van der Waals surface area contributed by atoms with Crippen LogP contribution in [-0.4, -0.2) is 36.2 Å². The van der Waals surface area contributed by atoms with E-state index in [0.29, 0.717) is 41.0 Å². The standard InChI is InChI=1S/C23H25FN4O4S/c1-14(2)28-10-8-23(26-28)33(30,31)27-21(29)13-19-16-5-4-6-17(16)20(24)12-18(19)15-7-9-25-22(11-15)32-3/h7-12,14H,4-6,13H2,1-3H3,(H,27,29). The van der Waals surface area contributed by atoms with Crippen LogP contribution in [0.2, 0.25) is 0 Å². The Balaban J connectivity index is 1.68. The van der Waals surface area contributed by atoms with Crippen LogP contribution in [0.4, 0.5) is 4.39 Å². The minimum absolute atomic E-state index is 0.0219. The lowest BCUT2D eigenvalue weighted by atomic mass is 9.91. The molecular weight excluding hydrogens is 447 g/mol. The third-order valence-corrected chi connectivity index (χ3v) is 6.96. The molecule has 1 aromatic carbocycles. The number of benzene rings is 1. The summed E-state index contributed by atoms with van der Waals surface area (Å²) in [6, 6.07) is 6.09. The van der Waals surface area contributed by atoms with Crippen molar-refractivity contribution in [1.82, 2.24) is 19.5 Å². The Bertz CT molecular complexity index is 1320. The highest BCUT2D eigenvalue weighted by Crippen LogP contribution is 2.36. The van der Waals surface area contributed by atoms with E-state index in [1.807, 2.05) is 13.8 Å². The molecule has 0 unspecified atom stereocenters. The first-order valence-corrected chi connectivity index (χ1v) is 12.1. The maximum atomic E-state index is 14.8. The predicted octanol–water partition coefficient (Wildman–Crippen LogP) is 3.21. The molecule has 2 aromatic heterocycles. The number of halogens is 1. The van der Waals surface area contributed by atoms with Crippen molar-refractivity contribution in [3.05, 3.63) is 59.2 Å². The first-order chi connectivity index (χ1) is 15.7. The summed E-state index contributed by atoms with van der Waals surface area (Å²) in [5.41, 5.74) is 3.11. The van der Waals surface area contributed by atoms with E-state index < -0.39 is 15.9 Å². The maximum absolute atomic E-state index is 14.8. The zero-order valence-electron chi connectivity index (χ0n) is 18.6. The molecule has 1 amide bonds. The van der Waals surface area contributed by atoms with Crippen LogP contribution < -0.4 is 9.46 Å². The van der Waals surface area contributed by atoms with E-state index in [-0.39, 0.29) is 23.3 Å². The number of hydrogen-bond donors (Lipinski definition) is 1. The van der Waals surface area contributed by atoms with Gasteiger partial charge in [-0.3, -0.25) is 9.48 Å². The van der Waals surface area contributed by atoms with E-state index in [1.165, 1.54) is 23.9 Å². The van der Waals surface area contributed by atoms with Gasteiger partial charge in [0.15, 0.2) is 5.03 Å². The summed E-state index contributed by atoms with van der Waals surface area (Å²) in [5, 5.41) is 3.81. The van der Waals surface area contributed by atoms with Crippen LogP contribution in [0.25, 0.3) is 11.1 Å². The molecule has 3 aromatic rings. The Morgan fingerprint density at radius 2 is 2.00 bits per heavy atom. The Labute approximate surface area is 191 Å². The minimum atomic E-state index is -4.14. The molecule has 4 rings (SSSR count). The SMILES string of the molecule is COc1cc(-c2cc(F)c3c(c2CC(=O)NS(=O)(=O)c2ccn(C(C)C)n2)CCC3)ccn1. The largest absolute Gasteiger partial charge is 0.481 e. The highest BCUT2D eigenvalue weighted by molar-refractivity contribution is 7.90. The summed E-state index contributed by atoms with van der Waals surface area (Å²) < 4.78 is 49.0. The molecule has 1 aliphatic carbocycles. The van der Waals surface area contributed by atoms with Crippen molar-refractivity contribution in [3.63, 3.8) is 0 Å². The normalized spacial score (nSPS) is 13.2. The first kappa shape index (κ1) is 22.9. The van der Waals surface area contributed by atoms with Crippen molar-refractivity contribution in [2.45, 2.75) is 50.6 Å². The van der Waals surface area contributed by atoms with Crippen LogP contribution in [0.5, 0.6) is 5.88 Å². The molecule has 0 spiro atoms. The number of carbonyl (C=O) groups excluding carboxylic acids is 1. The van der Waals surface area contributed by atoms with Gasteiger partial charge in [-0.2, -0.15) is 13.5 Å². The molecule has 2 heterocycles. The van der Waals surface area contributed by atoms with Crippen molar-refractivity contribution >= 4 is 15.9 Å². The molecule has 0 saturated heterocycles. The molecule has 0 bridgehead atoms. The Morgan fingerprint density at radius 1 is 1.24 bits per heavy atom. The van der Waals surface area contributed by atoms with Gasteiger partial charge in [0.05, 0.1) is 13.5 Å². The number of methoxy groups -OCH3 is 1. The smallest absolute Gasteiger partial charge is 0.283 e. The second-order valence-electron chi connectivity index (χ2n) is 8.22. The Hall–Kier alpha value is -3.27. The number of nitrogens with zero attached hydrogens (tertiary/aromatic N) is 3. The third-order valence-electron chi connectivity index (χ3n) is 5.70. The van der Waals surface area contributed by atoms with Crippen LogP contribution in [0.3, 0.4) is 0 Å². The predicted molar refractivity (Wildman–Crippen MR) is 120 cm³/mol. The van der Waals surface area contributed by atoms with Gasteiger partial charge < -0.3 is 4.74 Å². The lowest BCUT2D eigenvalue weighted by Gasteiger charge is -2.16. The van der Waals surface area contributed by atoms with Gasteiger partial charge in [0.2, 0.25) is 11.8 Å².